The molecule has 0 atom stereocenters. The zero-order chi connectivity index (χ0) is 22.4. The fraction of sp³-hybridized carbons (Fsp3) is 0.333. The Morgan fingerprint density at radius 2 is 1.45 bits per heavy atom. The minimum atomic E-state index is -0.194. The predicted molar refractivity (Wildman–Crippen MR) is 128 cm³/mol. The Balaban J connectivity index is 1.95. The van der Waals surface area contributed by atoms with Gasteiger partial charge in [-0.3, -0.25) is 0 Å². The Hall–Kier alpha value is -3.14. The molecule has 0 saturated carbocycles. The summed E-state index contributed by atoms with van der Waals surface area (Å²) in [5.74, 6) is 0.384. The first-order valence-corrected chi connectivity index (χ1v) is 10.8. The number of fused-ring (bicyclic) bond motifs is 1. The number of hydrogen-bond donors (Lipinski definition) is 1. The van der Waals surface area contributed by atoms with E-state index in [0.29, 0.717) is 12.3 Å². The van der Waals surface area contributed by atoms with Gasteiger partial charge in [0.25, 0.3) is 0 Å². The van der Waals surface area contributed by atoms with Crippen molar-refractivity contribution in [3.8, 4) is 17.0 Å². The minimum absolute atomic E-state index is 0.194. The quantitative estimate of drug-likeness (QED) is 0.420. The number of hydrogen-bond acceptors (Lipinski definition) is 3. The second kappa shape index (κ2) is 7.52. The highest BCUT2D eigenvalue weighted by molar-refractivity contribution is 5.91. The average molecular weight is 414 g/mol. The number of rotatable bonds is 3. The van der Waals surface area contributed by atoms with Crippen molar-refractivity contribution in [2.24, 2.45) is 0 Å². The molecule has 2 aromatic carbocycles. The van der Waals surface area contributed by atoms with E-state index in [-0.39, 0.29) is 10.8 Å². The van der Waals surface area contributed by atoms with Crippen LogP contribution in [-0.2, 0) is 17.4 Å². The van der Waals surface area contributed by atoms with Gasteiger partial charge in [0.05, 0.1) is 6.54 Å². The van der Waals surface area contributed by atoms with Crippen LogP contribution in [0.25, 0.3) is 22.3 Å². The molecular weight excluding hydrogens is 382 g/mol. The summed E-state index contributed by atoms with van der Waals surface area (Å²) in [6.07, 6.45) is 1.81. The van der Waals surface area contributed by atoms with Gasteiger partial charge in [0, 0.05) is 28.3 Å². The van der Waals surface area contributed by atoms with E-state index in [9.17, 15) is 5.11 Å². The molecule has 0 spiro atoms. The van der Waals surface area contributed by atoms with E-state index in [1.807, 2.05) is 35.1 Å². The average Bonchev–Trinajstić information content (AvgIpc) is 3.06. The highest BCUT2D eigenvalue weighted by Crippen LogP contribution is 2.42. The molecular formula is C27H31N3O. The largest absolute Gasteiger partial charge is 0.507 e. The smallest absolute Gasteiger partial charge is 0.158 e. The zero-order valence-electron chi connectivity index (χ0n) is 19.3. The molecule has 0 unspecified atom stereocenters. The molecule has 4 aromatic rings. The topological polar surface area (TPSA) is 50.9 Å². The molecule has 0 bridgehead atoms. The third-order valence-electron chi connectivity index (χ3n) is 5.68. The molecule has 4 heteroatoms. The van der Waals surface area contributed by atoms with Gasteiger partial charge in [0.15, 0.2) is 5.65 Å². The summed E-state index contributed by atoms with van der Waals surface area (Å²) >= 11 is 0. The fourth-order valence-electron chi connectivity index (χ4n) is 4.00. The van der Waals surface area contributed by atoms with Crippen LogP contribution in [0.15, 0.2) is 60.8 Å². The summed E-state index contributed by atoms with van der Waals surface area (Å²) in [7, 11) is 0. The lowest BCUT2D eigenvalue weighted by atomic mass is 9.78. The van der Waals surface area contributed by atoms with Crippen molar-refractivity contribution in [1.82, 2.24) is 14.8 Å². The van der Waals surface area contributed by atoms with Crippen LogP contribution in [-0.4, -0.2) is 19.9 Å². The van der Waals surface area contributed by atoms with Gasteiger partial charge in [-0.05, 0) is 40.7 Å². The van der Waals surface area contributed by atoms with Gasteiger partial charge in [-0.2, -0.15) is 5.10 Å². The molecule has 4 nitrogen and oxygen atoms in total. The molecule has 0 aliphatic rings. The minimum Gasteiger partial charge on any atom is -0.507 e. The van der Waals surface area contributed by atoms with Crippen LogP contribution < -0.4 is 0 Å². The van der Waals surface area contributed by atoms with Crippen LogP contribution in [0.3, 0.4) is 0 Å². The van der Waals surface area contributed by atoms with E-state index in [0.717, 1.165) is 33.4 Å². The summed E-state index contributed by atoms with van der Waals surface area (Å²) in [5.41, 5.74) is 5.44. The monoisotopic (exact) mass is 413 g/mol. The number of benzene rings is 2. The van der Waals surface area contributed by atoms with Crippen LogP contribution in [0.2, 0.25) is 0 Å². The van der Waals surface area contributed by atoms with Crippen LogP contribution in [0.4, 0.5) is 0 Å². The SMILES string of the molecule is CC(C)(C)c1cc(-c2nn(Cc3ccccc3)c3ncccc23)cc(C(C)(C)C)c1O. The predicted octanol–water partition coefficient (Wildman–Crippen LogP) is 6.45. The molecule has 31 heavy (non-hydrogen) atoms. The van der Waals surface area contributed by atoms with E-state index in [1.165, 1.54) is 5.56 Å². The van der Waals surface area contributed by atoms with Gasteiger partial charge in [-0.1, -0.05) is 71.9 Å². The van der Waals surface area contributed by atoms with Crippen LogP contribution >= 0.6 is 0 Å². The Morgan fingerprint density at radius 3 is 2.03 bits per heavy atom. The highest BCUT2D eigenvalue weighted by Gasteiger charge is 2.28. The van der Waals surface area contributed by atoms with Gasteiger partial charge in [0.1, 0.15) is 11.4 Å². The Labute approximate surface area is 184 Å². The first kappa shape index (κ1) is 21.1. The Kier molecular flexibility index (Phi) is 5.12. The van der Waals surface area contributed by atoms with E-state index >= 15 is 0 Å². The molecule has 1 N–H and O–H groups in total. The number of aromatic hydroxyl groups is 1. The first-order chi connectivity index (χ1) is 14.6. The molecule has 0 aliphatic heterocycles. The molecule has 0 fully saturated rings. The summed E-state index contributed by atoms with van der Waals surface area (Å²) < 4.78 is 1.97. The summed E-state index contributed by atoms with van der Waals surface area (Å²) in [4.78, 5) is 4.63. The number of phenolic OH excluding ortho intramolecular Hbond substituents is 1. The van der Waals surface area contributed by atoms with E-state index in [4.69, 9.17) is 5.10 Å². The van der Waals surface area contributed by atoms with E-state index in [1.54, 1.807) is 0 Å². The molecule has 160 valence electrons. The molecule has 2 aromatic heterocycles. The zero-order valence-corrected chi connectivity index (χ0v) is 19.3. The highest BCUT2D eigenvalue weighted by atomic mass is 16.3. The van der Waals surface area contributed by atoms with Gasteiger partial charge in [0.2, 0.25) is 0 Å². The third kappa shape index (κ3) is 4.07. The van der Waals surface area contributed by atoms with Crippen molar-refractivity contribution >= 4 is 11.0 Å². The van der Waals surface area contributed by atoms with Crippen molar-refractivity contribution in [2.75, 3.05) is 0 Å². The summed E-state index contributed by atoms with van der Waals surface area (Å²) in [6.45, 7) is 13.4. The van der Waals surface area contributed by atoms with E-state index < -0.39 is 0 Å². The lowest BCUT2D eigenvalue weighted by Gasteiger charge is -2.28. The van der Waals surface area contributed by atoms with Gasteiger partial charge < -0.3 is 5.11 Å². The molecule has 0 radical (unpaired) electrons. The van der Waals surface area contributed by atoms with Crippen LogP contribution in [0.1, 0.15) is 58.2 Å². The lowest BCUT2D eigenvalue weighted by molar-refractivity contribution is 0.423. The first-order valence-electron chi connectivity index (χ1n) is 10.8. The standard InChI is InChI=1S/C27H31N3O/c1-26(2,3)21-15-19(16-22(24(21)31)27(4,5)6)23-20-13-10-14-28-25(20)30(29-23)17-18-11-8-7-9-12-18/h7-16,31H,17H2,1-6H3. The number of pyridine rings is 1. The van der Waals surface area contributed by atoms with Gasteiger partial charge in [-0.15, -0.1) is 0 Å². The number of aromatic nitrogens is 3. The van der Waals surface area contributed by atoms with Crippen molar-refractivity contribution in [2.45, 2.75) is 58.9 Å². The molecule has 0 saturated heterocycles. The lowest BCUT2D eigenvalue weighted by Crippen LogP contribution is -2.17. The maximum Gasteiger partial charge on any atom is 0.158 e. The van der Waals surface area contributed by atoms with Crippen molar-refractivity contribution < 1.29 is 5.11 Å². The van der Waals surface area contributed by atoms with Crippen molar-refractivity contribution in [3.63, 3.8) is 0 Å². The van der Waals surface area contributed by atoms with Crippen LogP contribution in [0.5, 0.6) is 5.75 Å². The third-order valence-corrected chi connectivity index (χ3v) is 5.68. The summed E-state index contributed by atoms with van der Waals surface area (Å²) in [5, 5.41) is 17.1. The summed E-state index contributed by atoms with van der Waals surface area (Å²) in [6, 6.07) is 18.5. The van der Waals surface area contributed by atoms with Gasteiger partial charge in [-0.25, -0.2) is 9.67 Å². The fourth-order valence-corrected chi connectivity index (χ4v) is 4.00. The molecule has 4 rings (SSSR count). The normalized spacial score (nSPS) is 12.5. The maximum absolute atomic E-state index is 11.1. The number of phenols is 1. The molecule has 0 amide bonds. The van der Waals surface area contributed by atoms with Crippen molar-refractivity contribution in [3.05, 3.63) is 77.5 Å². The van der Waals surface area contributed by atoms with E-state index in [2.05, 4.69) is 76.9 Å². The second-order valence-electron chi connectivity index (χ2n) is 10.3. The second-order valence-corrected chi connectivity index (χ2v) is 10.3. The number of nitrogens with zero attached hydrogens (tertiary/aromatic N) is 3. The van der Waals surface area contributed by atoms with Gasteiger partial charge >= 0.3 is 0 Å². The van der Waals surface area contributed by atoms with Crippen molar-refractivity contribution in [1.29, 1.82) is 0 Å². The molecule has 0 aliphatic carbocycles. The maximum atomic E-state index is 11.1. The Bertz CT molecular complexity index is 1190. The van der Waals surface area contributed by atoms with Crippen LogP contribution in [0, 0.1) is 0 Å². The Morgan fingerprint density at radius 1 is 0.839 bits per heavy atom. The molecule has 2 heterocycles.